The highest BCUT2D eigenvalue weighted by molar-refractivity contribution is 7.99. The van der Waals surface area contributed by atoms with Crippen molar-refractivity contribution in [2.45, 2.75) is 18.0 Å². The van der Waals surface area contributed by atoms with Gasteiger partial charge in [0, 0.05) is 19.2 Å². The molecule has 1 N–H and O–H groups in total. The van der Waals surface area contributed by atoms with E-state index >= 15 is 0 Å². The van der Waals surface area contributed by atoms with Crippen LogP contribution in [0.2, 0.25) is 0 Å². The fourth-order valence-corrected chi connectivity index (χ4v) is 3.95. The fraction of sp³-hybridized carbons (Fsp3) is 0.211. The van der Waals surface area contributed by atoms with Crippen LogP contribution < -0.4 is 5.32 Å². The first-order valence-corrected chi connectivity index (χ1v) is 9.21. The highest BCUT2D eigenvalue weighted by Gasteiger charge is 2.21. The first-order valence-electron chi connectivity index (χ1n) is 8.22. The zero-order chi connectivity index (χ0) is 18.3. The Hall–Kier alpha value is -2.67. The molecule has 2 aromatic carbocycles. The van der Waals surface area contributed by atoms with E-state index in [-0.39, 0.29) is 23.0 Å². The number of anilines is 1. The lowest BCUT2D eigenvalue weighted by molar-refractivity contribution is -0.116. The van der Waals surface area contributed by atoms with Crippen LogP contribution >= 0.6 is 11.8 Å². The van der Waals surface area contributed by atoms with Gasteiger partial charge in [-0.15, -0.1) is 0 Å². The van der Waals surface area contributed by atoms with Gasteiger partial charge in [-0.25, -0.2) is 9.37 Å². The van der Waals surface area contributed by atoms with E-state index in [0.29, 0.717) is 23.7 Å². The van der Waals surface area contributed by atoms with Gasteiger partial charge in [0.2, 0.25) is 5.91 Å². The van der Waals surface area contributed by atoms with Gasteiger partial charge >= 0.3 is 0 Å². The van der Waals surface area contributed by atoms with Crippen LogP contribution in [0.4, 0.5) is 10.1 Å². The number of amides is 1. The molecule has 0 atom stereocenters. The maximum Gasteiger partial charge on any atom is 0.224 e. The molecule has 0 fully saturated rings. The second-order valence-electron chi connectivity index (χ2n) is 6.19. The van der Waals surface area contributed by atoms with Crippen molar-refractivity contribution < 1.29 is 14.0 Å². The van der Waals surface area contributed by atoms with Gasteiger partial charge in [-0.1, -0.05) is 23.9 Å². The molecule has 7 heteroatoms. The van der Waals surface area contributed by atoms with Crippen LogP contribution in [-0.4, -0.2) is 27.0 Å². The molecule has 1 aliphatic rings. The smallest absolute Gasteiger partial charge is 0.224 e. The molecule has 0 saturated heterocycles. The lowest BCUT2D eigenvalue weighted by Gasteiger charge is -2.17. The number of para-hydroxylation sites is 2. The highest BCUT2D eigenvalue weighted by Crippen LogP contribution is 2.28. The van der Waals surface area contributed by atoms with Crippen molar-refractivity contribution in [3.8, 4) is 0 Å². The molecule has 4 rings (SSSR count). The lowest BCUT2D eigenvalue weighted by atomic mass is 9.98. The van der Waals surface area contributed by atoms with Crippen LogP contribution in [-0.2, 0) is 18.3 Å². The molecule has 26 heavy (non-hydrogen) atoms. The molecule has 5 nitrogen and oxygen atoms in total. The van der Waals surface area contributed by atoms with Crippen molar-refractivity contribution in [2.75, 3.05) is 11.1 Å². The average molecular weight is 369 g/mol. The molecule has 0 unspecified atom stereocenters. The molecule has 132 valence electrons. The Balaban J connectivity index is 1.55. The van der Waals surface area contributed by atoms with E-state index in [1.54, 1.807) is 6.07 Å². The average Bonchev–Trinajstić information content (AvgIpc) is 2.95. The molecule has 1 aliphatic heterocycles. The third-order valence-electron chi connectivity index (χ3n) is 4.47. The molecule has 1 amide bonds. The van der Waals surface area contributed by atoms with Gasteiger partial charge in [-0.3, -0.25) is 9.59 Å². The monoisotopic (exact) mass is 369 g/mol. The molecule has 0 bridgehead atoms. The predicted octanol–water partition coefficient (Wildman–Crippen LogP) is 3.57. The van der Waals surface area contributed by atoms with Crippen molar-refractivity contribution in [1.29, 1.82) is 0 Å². The number of rotatable bonds is 4. The van der Waals surface area contributed by atoms with Gasteiger partial charge in [0.15, 0.2) is 10.9 Å². The number of fused-ring (bicyclic) bond motifs is 2. The molecule has 0 saturated carbocycles. The van der Waals surface area contributed by atoms with E-state index < -0.39 is 5.82 Å². The molecule has 1 aromatic heterocycles. The van der Waals surface area contributed by atoms with Gasteiger partial charge in [0.05, 0.1) is 22.3 Å². The number of thioether (sulfide) groups is 1. The Morgan fingerprint density at radius 1 is 1.31 bits per heavy atom. The third-order valence-corrected chi connectivity index (χ3v) is 5.50. The van der Waals surface area contributed by atoms with E-state index in [1.165, 1.54) is 17.8 Å². The number of Topliss-reactive ketones (excluding diaryl/α,β-unsaturated/α-hetero) is 1. The standard InChI is InChI=1S/C19H16FN3O2S/c1-23-16-5-3-2-4-14(16)22-19(23)26-10-17(24)12-8-11-6-7-18(25)21-15(11)9-13(12)20/h2-5,8-9H,6-7,10H2,1H3,(H,21,25). The van der Waals surface area contributed by atoms with Crippen molar-refractivity contribution in [3.63, 3.8) is 0 Å². The summed E-state index contributed by atoms with van der Waals surface area (Å²) in [6, 6.07) is 10.5. The zero-order valence-corrected chi connectivity index (χ0v) is 14.9. The molecule has 0 aliphatic carbocycles. The fourth-order valence-electron chi connectivity index (χ4n) is 3.08. The van der Waals surface area contributed by atoms with Crippen molar-refractivity contribution in [3.05, 3.63) is 53.3 Å². The van der Waals surface area contributed by atoms with Crippen LogP contribution in [0.3, 0.4) is 0 Å². The van der Waals surface area contributed by atoms with Crippen LogP contribution in [0.1, 0.15) is 22.3 Å². The number of aryl methyl sites for hydroxylation is 2. The van der Waals surface area contributed by atoms with Crippen molar-refractivity contribution in [1.82, 2.24) is 9.55 Å². The Kier molecular flexibility index (Phi) is 4.24. The Morgan fingerprint density at radius 2 is 2.12 bits per heavy atom. The summed E-state index contributed by atoms with van der Waals surface area (Å²) in [6.07, 6.45) is 0.862. The number of nitrogens with zero attached hydrogens (tertiary/aromatic N) is 2. The number of aromatic nitrogens is 2. The molecule has 3 aromatic rings. The molecular weight excluding hydrogens is 353 g/mol. The van der Waals surface area contributed by atoms with Crippen LogP contribution in [0.5, 0.6) is 0 Å². The summed E-state index contributed by atoms with van der Waals surface area (Å²) in [5.41, 5.74) is 3.16. The summed E-state index contributed by atoms with van der Waals surface area (Å²) in [7, 11) is 1.89. The van der Waals surface area contributed by atoms with Crippen LogP contribution in [0.25, 0.3) is 11.0 Å². The highest BCUT2D eigenvalue weighted by atomic mass is 32.2. The zero-order valence-electron chi connectivity index (χ0n) is 14.1. The number of carbonyl (C=O) groups excluding carboxylic acids is 2. The van der Waals surface area contributed by atoms with Gasteiger partial charge in [-0.2, -0.15) is 0 Å². The first kappa shape index (κ1) is 16.8. The van der Waals surface area contributed by atoms with E-state index in [0.717, 1.165) is 16.6 Å². The van der Waals surface area contributed by atoms with E-state index in [1.807, 2.05) is 35.9 Å². The van der Waals surface area contributed by atoms with E-state index in [2.05, 4.69) is 10.3 Å². The van der Waals surface area contributed by atoms with Crippen molar-refractivity contribution >= 4 is 40.2 Å². The summed E-state index contributed by atoms with van der Waals surface area (Å²) in [6.45, 7) is 0. The number of hydrogen-bond acceptors (Lipinski definition) is 4. The van der Waals surface area contributed by atoms with Crippen LogP contribution in [0.15, 0.2) is 41.6 Å². The summed E-state index contributed by atoms with van der Waals surface area (Å²) >= 11 is 1.29. The minimum Gasteiger partial charge on any atom is -0.326 e. The number of halogens is 1. The van der Waals surface area contributed by atoms with Crippen LogP contribution in [0, 0.1) is 5.82 Å². The predicted molar refractivity (Wildman–Crippen MR) is 99.1 cm³/mol. The molecule has 2 heterocycles. The quantitative estimate of drug-likeness (QED) is 0.564. The normalized spacial score (nSPS) is 13.5. The summed E-state index contributed by atoms with van der Waals surface area (Å²) in [5, 5.41) is 3.35. The number of ketones is 1. The number of nitrogens with one attached hydrogen (secondary N) is 1. The Labute approximate surface area is 153 Å². The third kappa shape index (κ3) is 2.99. The van der Waals surface area contributed by atoms with Gasteiger partial charge in [0.1, 0.15) is 5.82 Å². The maximum absolute atomic E-state index is 14.3. The first-order chi connectivity index (χ1) is 12.5. The summed E-state index contributed by atoms with van der Waals surface area (Å²) in [4.78, 5) is 28.4. The minimum absolute atomic E-state index is 0.0613. The molecule has 0 spiro atoms. The number of carbonyl (C=O) groups is 2. The lowest BCUT2D eigenvalue weighted by Crippen LogP contribution is -2.20. The maximum atomic E-state index is 14.3. The Morgan fingerprint density at radius 3 is 2.92 bits per heavy atom. The second kappa shape index (κ2) is 6.57. The van der Waals surface area contributed by atoms with Gasteiger partial charge in [-0.05, 0) is 36.2 Å². The summed E-state index contributed by atoms with van der Waals surface area (Å²) in [5.74, 6) is -0.937. The minimum atomic E-state index is -0.610. The number of benzene rings is 2. The number of imidazole rings is 1. The largest absolute Gasteiger partial charge is 0.326 e. The topological polar surface area (TPSA) is 64.0 Å². The Bertz CT molecular complexity index is 1040. The molecular formula is C19H16FN3O2S. The SMILES string of the molecule is Cn1c(SCC(=O)c2cc3c(cc2F)NC(=O)CC3)nc2ccccc21. The van der Waals surface area contributed by atoms with Gasteiger partial charge < -0.3 is 9.88 Å². The molecule has 0 radical (unpaired) electrons. The number of hydrogen-bond donors (Lipinski definition) is 1. The van der Waals surface area contributed by atoms with E-state index in [4.69, 9.17) is 0 Å². The van der Waals surface area contributed by atoms with Gasteiger partial charge in [0.25, 0.3) is 0 Å². The summed E-state index contributed by atoms with van der Waals surface area (Å²) < 4.78 is 16.2. The van der Waals surface area contributed by atoms with Crippen molar-refractivity contribution in [2.24, 2.45) is 7.05 Å². The second-order valence-corrected chi connectivity index (χ2v) is 7.13. The van der Waals surface area contributed by atoms with E-state index in [9.17, 15) is 14.0 Å².